The number of amides is 1. The fraction of sp³-hybridized carbons (Fsp3) is 0.286. The van der Waals surface area contributed by atoms with Crippen LogP contribution in [0, 0.1) is 0 Å². The summed E-state index contributed by atoms with van der Waals surface area (Å²) in [7, 11) is 0. The summed E-state index contributed by atoms with van der Waals surface area (Å²) in [6.45, 7) is 1.26. The summed E-state index contributed by atoms with van der Waals surface area (Å²) in [6.07, 6.45) is 4.97. The molecule has 0 radical (unpaired) electrons. The molecule has 1 atom stereocenters. The van der Waals surface area contributed by atoms with Crippen LogP contribution in [0.25, 0.3) is 10.8 Å². The first kappa shape index (κ1) is 17.3. The summed E-state index contributed by atoms with van der Waals surface area (Å²) in [4.78, 5) is 22.5. The van der Waals surface area contributed by atoms with E-state index in [1.165, 1.54) is 0 Å². The number of fused-ring (bicyclic) bond motifs is 1. The highest BCUT2D eigenvalue weighted by Gasteiger charge is 2.25. The van der Waals surface area contributed by atoms with Crippen LogP contribution < -0.4 is 9.47 Å². The van der Waals surface area contributed by atoms with Gasteiger partial charge < -0.3 is 14.4 Å². The molecule has 0 spiro atoms. The van der Waals surface area contributed by atoms with E-state index in [0.717, 1.165) is 30.2 Å². The Bertz CT molecular complexity index is 917. The number of ether oxygens (including phenoxy) is 2. The van der Waals surface area contributed by atoms with Crippen LogP contribution in [0.15, 0.2) is 60.9 Å². The maximum Gasteiger partial charge on any atom is 0.316 e. The van der Waals surface area contributed by atoms with E-state index in [1.54, 1.807) is 23.4 Å². The minimum Gasteiger partial charge on any atom is -0.484 e. The summed E-state index contributed by atoms with van der Waals surface area (Å²) in [5.41, 5.74) is 0. The monoisotopic (exact) mass is 363 g/mol. The van der Waals surface area contributed by atoms with E-state index in [-0.39, 0.29) is 18.6 Å². The van der Waals surface area contributed by atoms with Crippen molar-refractivity contribution in [3.8, 4) is 11.8 Å². The predicted molar refractivity (Wildman–Crippen MR) is 102 cm³/mol. The van der Waals surface area contributed by atoms with Crippen molar-refractivity contribution in [3.63, 3.8) is 0 Å². The summed E-state index contributed by atoms with van der Waals surface area (Å²) >= 11 is 0. The van der Waals surface area contributed by atoms with Crippen molar-refractivity contribution in [2.24, 2.45) is 0 Å². The Morgan fingerprint density at radius 1 is 1.07 bits per heavy atom. The largest absolute Gasteiger partial charge is 0.484 e. The molecule has 2 aromatic carbocycles. The Balaban J connectivity index is 1.33. The minimum atomic E-state index is -0.0919. The lowest BCUT2D eigenvalue weighted by molar-refractivity contribution is -0.136. The molecule has 1 saturated heterocycles. The Morgan fingerprint density at radius 2 is 1.89 bits per heavy atom. The molecular formula is C21H21N3O3. The highest BCUT2D eigenvalue weighted by atomic mass is 16.5. The van der Waals surface area contributed by atoms with Crippen molar-refractivity contribution in [1.82, 2.24) is 14.9 Å². The van der Waals surface area contributed by atoms with Gasteiger partial charge in [0.15, 0.2) is 6.61 Å². The molecule has 1 aliphatic rings. The molecule has 138 valence electrons. The van der Waals surface area contributed by atoms with Gasteiger partial charge in [-0.15, -0.1) is 0 Å². The molecule has 0 aliphatic carbocycles. The van der Waals surface area contributed by atoms with Gasteiger partial charge >= 0.3 is 6.01 Å². The summed E-state index contributed by atoms with van der Waals surface area (Å²) in [6, 6.07) is 16.0. The number of carbonyl (C=O) groups excluding carboxylic acids is 1. The van der Waals surface area contributed by atoms with Crippen molar-refractivity contribution in [1.29, 1.82) is 0 Å². The fourth-order valence-electron chi connectivity index (χ4n) is 3.25. The molecule has 6 heteroatoms. The summed E-state index contributed by atoms with van der Waals surface area (Å²) in [5.74, 6) is 0.662. The zero-order valence-electron chi connectivity index (χ0n) is 15.0. The van der Waals surface area contributed by atoms with E-state index in [4.69, 9.17) is 9.47 Å². The van der Waals surface area contributed by atoms with Crippen LogP contribution in [0.4, 0.5) is 0 Å². The van der Waals surface area contributed by atoms with Crippen LogP contribution in [-0.4, -0.2) is 46.6 Å². The minimum absolute atomic E-state index is 0.0207. The number of hydrogen-bond acceptors (Lipinski definition) is 5. The van der Waals surface area contributed by atoms with Crippen LogP contribution in [0.5, 0.6) is 11.8 Å². The Morgan fingerprint density at radius 3 is 2.74 bits per heavy atom. The van der Waals surface area contributed by atoms with Crippen LogP contribution in [0.1, 0.15) is 12.8 Å². The van der Waals surface area contributed by atoms with E-state index in [2.05, 4.69) is 16.0 Å². The smallest absolute Gasteiger partial charge is 0.316 e. The molecule has 1 unspecified atom stereocenters. The number of benzene rings is 2. The van der Waals surface area contributed by atoms with Gasteiger partial charge in [-0.1, -0.05) is 30.3 Å². The van der Waals surface area contributed by atoms with Crippen molar-refractivity contribution in [2.45, 2.75) is 18.9 Å². The van der Waals surface area contributed by atoms with Crippen LogP contribution in [-0.2, 0) is 4.79 Å². The van der Waals surface area contributed by atoms with Gasteiger partial charge in [-0.05, 0) is 41.8 Å². The average Bonchev–Trinajstić information content (AvgIpc) is 2.73. The second kappa shape index (κ2) is 8.03. The van der Waals surface area contributed by atoms with Gasteiger partial charge in [0.05, 0.1) is 6.54 Å². The first-order valence-corrected chi connectivity index (χ1v) is 9.11. The van der Waals surface area contributed by atoms with E-state index < -0.39 is 0 Å². The van der Waals surface area contributed by atoms with Crippen molar-refractivity contribution in [2.75, 3.05) is 19.7 Å². The molecule has 0 N–H and O–H groups in total. The zero-order valence-corrected chi connectivity index (χ0v) is 15.0. The topological polar surface area (TPSA) is 64.5 Å². The number of carbonyl (C=O) groups is 1. The maximum absolute atomic E-state index is 12.5. The Labute approximate surface area is 157 Å². The highest BCUT2D eigenvalue weighted by molar-refractivity contribution is 5.84. The second-order valence-electron chi connectivity index (χ2n) is 6.55. The van der Waals surface area contributed by atoms with Crippen LogP contribution in [0.3, 0.4) is 0 Å². The number of nitrogens with zero attached hydrogens (tertiary/aromatic N) is 3. The second-order valence-corrected chi connectivity index (χ2v) is 6.55. The van der Waals surface area contributed by atoms with Gasteiger partial charge in [0, 0.05) is 18.9 Å². The molecule has 0 bridgehead atoms. The molecule has 1 aliphatic heterocycles. The third kappa shape index (κ3) is 4.34. The lowest BCUT2D eigenvalue weighted by atomic mass is 10.1. The SMILES string of the molecule is O=C(COc1ccc2ccccc2c1)N1CCCC(Oc2ncccn2)C1. The Kier molecular flexibility index (Phi) is 5.14. The standard InChI is InChI=1S/C21H21N3O3/c25-20(15-26-18-9-8-16-5-1-2-6-17(16)13-18)24-12-3-7-19(14-24)27-21-22-10-4-11-23-21/h1-2,4-6,8-11,13,19H,3,7,12,14-15H2. The molecule has 27 heavy (non-hydrogen) atoms. The molecule has 1 amide bonds. The highest BCUT2D eigenvalue weighted by Crippen LogP contribution is 2.21. The van der Waals surface area contributed by atoms with Gasteiger partial charge in [-0.25, -0.2) is 9.97 Å². The summed E-state index contributed by atoms with van der Waals surface area (Å²) < 4.78 is 11.5. The maximum atomic E-state index is 12.5. The number of hydrogen-bond donors (Lipinski definition) is 0. The van der Waals surface area contributed by atoms with Crippen molar-refractivity contribution in [3.05, 3.63) is 60.9 Å². The number of aromatic nitrogens is 2. The van der Waals surface area contributed by atoms with E-state index in [0.29, 0.717) is 18.3 Å². The van der Waals surface area contributed by atoms with Crippen molar-refractivity contribution < 1.29 is 14.3 Å². The molecule has 0 saturated carbocycles. The van der Waals surface area contributed by atoms with Gasteiger partial charge in [-0.2, -0.15) is 0 Å². The van der Waals surface area contributed by atoms with Gasteiger partial charge in [-0.3, -0.25) is 4.79 Å². The third-order valence-corrected chi connectivity index (χ3v) is 4.63. The molecule has 3 aromatic rings. The lowest BCUT2D eigenvalue weighted by Gasteiger charge is -2.32. The first-order valence-electron chi connectivity index (χ1n) is 9.11. The number of likely N-dealkylation sites (tertiary alicyclic amines) is 1. The predicted octanol–water partition coefficient (Wildman–Crippen LogP) is 3.08. The normalized spacial score (nSPS) is 16.9. The van der Waals surface area contributed by atoms with E-state index in [9.17, 15) is 4.79 Å². The van der Waals surface area contributed by atoms with E-state index in [1.807, 2.05) is 36.4 Å². The molecule has 6 nitrogen and oxygen atoms in total. The molecule has 1 aromatic heterocycles. The van der Waals surface area contributed by atoms with Crippen molar-refractivity contribution >= 4 is 16.7 Å². The third-order valence-electron chi connectivity index (χ3n) is 4.63. The molecule has 4 rings (SSSR count). The fourth-order valence-corrected chi connectivity index (χ4v) is 3.25. The van der Waals surface area contributed by atoms with Crippen LogP contribution in [0.2, 0.25) is 0 Å². The molecule has 2 heterocycles. The molecular weight excluding hydrogens is 342 g/mol. The number of rotatable bonds is 5. The Hall–Kier alpha value is -3.15. The van der Waals surface area contributed by atoms with Crippen LogP contribution >= 0.6 is 0 Å². The van der Waals surface area contributed by atoms with E-state index >= 15 is 0 Å². The van der Waals surface area contributed by atoms with Gasteiger partial charge in [0.2, 0.25) is 0 Å². The number of piperidine rings is 1. The quantitative estimate of drug-likeness (QED) is 0.697. The molecule has 1 fully saturated rings. The van der Waals surface area contributed by atoms with Gasteiger partial charge in [0.1, 0.15) is 11.9 Å². The zero-order chi connectivity index (χ0) is 18.5. The van der Waals surface area contributed by atoms with Gasteiger partial charge in [0.25, 0.3) is 5.91 Å². The summed E-state index contributed by atoms with van der Waals surface area (Å²) in [5, 5.41) is 2.24. The lowest BCUT2D eigenvalue weighted by Crippen LogP contribution is -2.46. The first-order chi connectivity index (χ1) is 13.3. The average molecular weight is 363 g/mol.